The summed E-state index contributed by atoms with van der Waals surface area (Å²) in [4.78, 5) is 11.6. The molecule has 124 valence electrons. The molecule has 3 aromatic rings. The number of nitrogens with zero attached hydrogens (tertiary/aromatic N) is 5. The van der Waals surface area contributed by atoms with Crippen LogP contribution in [0.2, 0.25) is 5.02 Å². The van der Waals surface area contributed by atoms with Gasteiger partial charge in [-0.1, -0.05) is 17.7 Å². The second kappa shape index (κ2) is 6.37. The number of hydrogen-bond acceptors (Lipinski definition) is 5. The Labute approximate surface area is 145 Å². The van der Waals surface area contributed by atoms with Gasteiger partial charge in [-0.2, -0.15) is 5.10 Å². The van der Waals surface area contributed by atoms with Gasteiger partial charge in [-0.25, -0.2) is 14.6 Å². The van der Waals surface area contributed by atoms with Crippen molar-refractivity contribution in [3.63, 3.8) is 0 Å². The van der Waals surface area contributed by atoms with Gasteiger partial charge in [0.25, 0.3) is 0 Å². The van der Waals surface area contributed by atoms with E-state index in [1.807, 2.05) is 42.1 Å². The van der Waals surface area contributed by atoms with Gasteiger partial charge in [0.15, 0.2) is 5.65 Å². The fraction of sp³-hybridized carbons (Fsp3) is 0.353. The molecule has 7 heteroatoms. The summed E-state index contributed by atoms with van der Waals surface area (Å²) in [6, 6.07) is 7.64. The van der Waals surface area contributed by atoms with Gasteiger partial charge in [0, 0.05) is 24.7 Å². The number of aromatic nitrogens is 4. The van der Waals surface area contributed by atoms with Gasteiger partial charge in [0.1, 0.15) is 11.6 Å². The van der Waals surface area contributed by atoms with Crippen LogP contribution < -0.4 is 10.2 Å². The van der Waals surface area contributed by atoms with Gasteiger partial charge in [-0.15, -0.1) is 0 Å². The van der Waals surface area contributed by atoms with Gasteiger partial charge in [-0.3, -0.25) is 0 Å². The number of aryl methyl sites for hydroxylation is 1. The smallest absolute Gasteiger partial charge is 0.168 e. The average molecular weight is 343 g/mol. The zero-order valence-electron chi connectivity index (χ0n) is 13.5. The Morgan fingerprint density at radius 1 is 1.17 bits per heavy atom. The Morgan fingerprint density at radius 3 is 2.96 bits per heavy atom. The second-order valence-corrected chi connectivity index (χ2v) is 6.39. The summed E-state index contributed by atoms with van der Waals surface area (Å²) in [5.41, 5.74) is 1.72. The van der Waals surface area contributed by atoms with E-state index in [4.69, 9.17) is 16.6 Å². The first-order chi connectivity index (χ1) is 11.7. The van der Waals surface area contributed by atoms with Gasteiger partial charge < -0.3 is 10.2 Å². The van der Waals surface area contributed by atoms with E-state index < -0.39 is 0 Å². The lowest BCUT2D eigenvalue weighted by Crippen LogP contribution is -2.29. The highest BCUT2D eigenvalue weighted by Gasteiger charge is 2.18. The number of nitrogens with one attached hydrogen (secondary N) is 1. The summed E-state index contributed by atoms with van der Waals surface area (Å²) < 4.78 is 1.83. The van der Waals surface area contributed by atoms with Gasteiger partial charge >= 0.3 is 0 Å². The van der Waals surface area contributed by atoms with Crippen LogP contribution in [0, 0.1) is 6.92 Å². The fourth-order valence-corrected chi connectivity index (χ4v) is 3.28. The van der Waals surface area contributed by atoms with Crippen LogP contribution in [-0.2, 0) is 0 Å². The highest BCUT2D eigenvalue weighted by molar-refractivity contribution is 6.30. The van der Waals surface area contributed by atoms with Crippen molar-refractivity contribution in [1.29, 1.82) is 0 Å². The molecule has 0 saturated carbocycles. The topological polar surface area (TPSA) is 58.9 Å². The molecule has 4 rings (SSSR count). The van der Waals surface area contributed by atoms with E-state index in [2.05, 4.69) is 20.3 Å². The Balaban J connectivity index is 1.85. The van der Waals surface area contributed by atoms with Gasteiger partial charge in [-0.05, 0) is 38.1 Å². The summed E-state index contributed by atoms with van der Waals surface area (Å²) in [5, 5.41) is 9.62. The van der Waals surface area contributed by atoms with Crippen molar-refractivity contribution < 1.29 is 0 Å². The van der Waals surface area contributed by atoms with Gasteiger partial charge in [0.05, 0.1) is 17.3 Å². The zero-order valence-corrected chi connectivity index (χ0v) is 14.3. The number of rotatable bonds is 2. The van der Waals surface area contributed by atoms with Crippen LogP contribution >= 0.6 is 11.6 Å². The Kier molecular flexibility index (Phi) is 4.08. The van der Waals surface area contributed by atoms with Crippen LogP contribution in [0.25, 0.3) is 16.7 Å². The third-order valence-electron chi connectivity index (χ3n) is 4.21. The van der Waals surface area contributed by atoms with E-state index in [1.165, 1.54) is 0 Å². The summed E-state index contributed by atoms with van der Waals surface area (Å²) in [6.45, 7) is 5.86. The third-order valence-corrected chi connectivity index (χ3v) is 4.45. The molecule has 0 atom stereocenters. The minimum atomic E-state index is 0.681. The third kappa shape index (κ3) is 2.83. The summed E-state index contributed by atoms with van der Waals surface area (Å²) in [6.07, 6.45) is 2.95. The van der Waals surface area contributed by atoms with Crippen molar-refractivity contribution in [1.82, 2.24) is 25.1 Å². The quantitative estimate of drug-likeness (QED) is 0.775. The molecule has 1 saturated heterocycles. The second-order valence-electron chi connectivity index (χ2n) is 5.96. The first kappa shape index (κ1) is 15.4. The minimum Gasteiger partial charge on any atom is -0.355 e. The van der Waals surface area contributed by atoms with Crippen LogP contribution in [0.3, 0.4) is 0 Å². The lowest BCUT2D eigenvalue weighted by molar-refractivity contribution is 0.724. The normalized spacial score (nSPS) is 15.7. The molecule has 3 heterocycles. The molecule has 1 fully saturated rings. The fourth-order valence-electron chi connectivity index (χ4n) is 3.09. The molecular weight excluding hydrogens is 324 g/mol. The molecular formula is C17H19ClN6. The molecule has 0 radical (unpaired) electrons. The highest BCUT2D eigenvalue weighted by Crippen LogP contribution is 2.26. The first-order valence-corrected chi connectivity index (χ1v) is 8.54. The Bertz CT molecular complexity index is 867. The van der Waals surface area contributed by atoms with Crippen LogP contribution in [0.5, 0.6) is 0 Å². The van der Waals surface area contributed by atoms with Gasteiger partial charge in [0.2, 0.25) is 0 Å². The maximum absolute atomic E-state index is 6.13. The number of hydrogen-bond donors (Lipinski definition) is 1. The maximum Gasteiger partial charge on any atom is 0.168 e. The van der Waals surface area contributed by atoms with Crippen LogP contribution in [0.4, 0.5) is 5.82 Å². The molecule has 24 heavy (non-hydrogen) atoms. The summed E-state index contributed by atoms with van der Waals surface area (Å²) in [7, 11) is 0. The van der Waals surface area contributed by atoms with Crippen molar-refractivity contribution >= 4 is 28.5 Å². The molecule has 0 amide bonds. The molecule has 1 aliphatic heterocycles. The highest BCUT2D eigenvalue weighted by atomic mass is 35.5. The summed E-state index contributed by atoms with van der Waals surface area (Å²) >= 11 is 6.13. The zero-order chi connectivity index (χ0) is 16.5. The molecule has 1 aromatic carbocycles. The van der Waals surface area contributed by atoms with Crippen molar-refractivity contribution in [2.45, 2.75) is 13.3 Å². The van der Waals surface area contributed by atoms with Crippen molar-refractivity contribution in [3.8, 4) is 5.69 Å². The van der Waals surface area contributed by atoms with Crippen molar-refractivity contribution in [2.24, 2.45) is 0 Å². The Hall–Kier alpha value is -2.18. The molecule has 0 unspecified atom stereocenters. The van der Waals surface area contributed by atoms with E-state index in [9.17, 15) is 0 Å². The Morgan fingerprint density at radius 2 is 2.08 bits per heavy atom. The van der Waals surface area contributed by atoms with E-state index in [1.54, 1.807) is 0 Å². The predicted octanol–water partition coefficient (Wildman–Crippen LogP) is 2.58. The maximum atomic E-state index is 6.13. The van der Waals surface area contributed by atoms with Crippen molar-refractivity contribution in [3.05, 3.63) is 41.3 Å². The average Bonchev–Trinajstić information content (AvgIpc) is 2.80. The van der Waals surface area contributed by atoms with Crippen LogP contribution in [0.15, 0.2) is 30.5 Å². The molecule has 0 bridgehead atoms. The van der Waals surface area contributed by atoms with E-state index in [0.717, 1.165) is 61.0 Å². The lowest BCUT2D eigenvalue weighted by Gasteiger charge is -2.21. The van der Waals surface area contributed by atoms with E-state index in [0.29, 0.717) is 5.02 Å². The predicted molar refractivity (Wildman–Crippen MR) is 96.1 cm³/mol. The van der Waals surface area contributed by atoms with E-state index >= 15 is 0 Å². The SMILES string of the molecule is Cc1nc(N2CCCNCC2)c2cnn(-c3cccc(Cl)c3)c2n1. The molecule has 6 nitrogen and oxygen atoms in total. The van der Waals surface area contributed by atoms with E-state index in [-0.39, 0.29) is 0 Å². The minimum absolute atomic E-state index is 0.681. The van der Waals surface area contributed by atoms with Crippen molar-refractivity contribution in [2.75, 3.05) is 31.1 Å². The molecule has 0 aliphatic carbocycles. The number of anilines is 1. The summed E-state index contributed by atoms with van der Waals surface area (Å²) in [5.74, 6) is 1.72. The number of halogens is 1. The standard InChI is InChI=1S/C17H19ClN6/c1-12-21-16(23-8-3-6-19-7-9-23)15-11-20-24(17(15)22-12)14-5-2-4-13(18)10-14/h2,4-5,10-11,19H,3,6-9H2,1H3. The first-order valence-electron chi connectivity index (χ1n) is 8.16. The monoisotopic (exact) mass is 342 g/mol. The molecule has 2 aromatic heterocycles. The number of fused-ring (bicyclic) bond motifs is 1. The largest absolute Gasteiger partial charge is 0.355 e. The van der Waals surface area contributed by atoms with Crippen LogP contribution in [0.1, 0.15) is 12.2 Å². The molecule has 0 spiro atoms. The van der Waals surface area contributed by atoms with Crippen LogP contribution in [-0.4, -0.2) is 45.9 Å². The number of benzene rings is 1. The lowest BCUT2D eigenvalue weighted by atomic mass is 10.3. The molecule has 1 aliphatic rings. The molecule has 1 N–H and O–H groups in total.